The van der Waals surface area contributed by atoms with Gasteiger partial charge in [-0.05, 0) is 44.4 Å². The third-order valence-electron chi connectivity index (χ3n) is 4.01. The first kappa shape index (κ1) is 15.3. The Morgan fingerprint density at radius 3 is 2.84 bits per heavy atom. The van der Waals surface area contributed by atoms with E-state index >= 15 is 0 Å². The Kier molecular flexibility index (Phi) is 5.29. The monoisotopic (exact) mass is 301 g/mol. The van der Waals surface area contributed by atoms with Gasteiger partial charge in [0.05, 0.1) is 10.4 Å². The molecule has 1 aliphatic heterocycles. The van der Waals surface area contributed by atoms with E-state index in [-0.39, 0.29) is 5.41 Å². The van der Waals surface area contributed by atoms with Crippen LogP contribution in [-0.2, 0) is 11.2 Å². The van der Waals surface area contributed by atoms with Crippen molar-refractivity contribution in [1.29, 1.82) is 0 Å². The molecule has 1 aromatic heterocycles. The highest BCUT2D eigenvalue weighted by atomic mass is 35.5. The van der Waals surface area contributed by atoms with Crippen LogP contribution in [0.3, 0.4) is 0 Å². The van der Waals surface area contributed by atoms with Crippen LogP contribution in [0.1, 0.15) is 32.1 Å². The number of nitrogens with one attached hydrogen (secondary N) is 1. The van der Waals surface area contributed by atoms with E-state index in [0.29, 0.717) is 12.0 Å². The number of thiophene rings is 1. The van der Waals surface area contributed by atoms with Gasteiger partial charge in [-0.2, -0.15) is 0 Å². The highest BCUT2D eigenvalue weighted by Gasteiger charge is 2.41. The Hall–Kier alpha value is -0.0900. The third kappa shape index (κ3) is 3.94. The molecule has 0 amide bonds. The zero-order valence-electron chi connectivity index (χ0n) is 12.0. The van der Waals surface area contributed by atoms with Crippen LogP contribution in [-0.4, -0.2) is 25.8 Å². The topological polar surface area (TPSA) is 21.3 Å². The molecule has 2 unspecified atom stereocenters. The fraction of sp³-hybridized carbons (Fsp3) is 0.733. The zero-order valence-corrected chi connectivity index (χ0v) is 13.6. The van der Waals surface area contributed by atoms with Crippen LogP contribution in [0, 0.1) is 11.3 Å². The molecule has 0 aromatic carbocycles. The molecule has 1 aliphatic rings. The van der Waals surface area contributed by atoms with Gasteiger partial charge in [-0.15, -0.1) is 11.3 Å². The van der Waals surface area contributed by atoms with E-state index in [4.69, 9.17) is 16.3 Å². The number of ether oxygens (including phenoxy) is 1. The molecule has 0 bridgehead atoms. The quantitative estimate of drug-likeness (QED) is 0.858. The molecule has 4 heteroatoms. The van der Waals surface area contributed by atoms with Crippen LogP contribution in [0.25, 0.3) is 0 Å². The van der Waals surface area contributed by atoms with E-state index in [0.717, 1.165) is 36.9 Å². The minimum atomic E-state index is 0.225. The van der Waals surface area contributed by atoms with Crippen molar-refractivity contribution >= 4 is 22.9 Å². The molecular formula is C15H24ClNOS. The molecular weight excluding hydrogens is 278 g/mol. The summed E-state index contributed by atoms with van der Waals surface area (Å²) >= 11 is 7.74. The second-order valence-electron chi connectivity index (χ2n) is 6.03. The molecule has 0 radical (unpaired) electrons. The van der Waals surface area contributed by atoms with Crippen LogP contribution in [0.5, 0.6) is 0 Å². The molecule has 0 saturated carbocycles. The molecule has 1 aromatic rings. The highest BCUT2D eigenvalue weighted by molar-refractivity contribution is 7.16. The predicted molar refractivity (Wildman–Crippen MR) is 83.2 cm³/mol. The second-order valence-corrected chi connectivity index (χ2v) is 7.83. The van der Waals surface area contributed by atoms with Crippen molar-refractivity contribution in [2.75, 3.05) is 19.7 Å². The van der Waals surface area contributed by atoms with Crippen LogP contribution in [0.4, 0.5) is 0 Å². The molecule has 2 nitrogen and oxygen atoms in total. The molecule has 19 heavy (non-hydrogen) atoms. The fourth-order valence-corrected chi connectivity index (χ4v) is 3.99. The van der Waals surface area contributed by atoms with Gasteiger partial charge in [0.2, 0.25) is 0 Å². The molecule has 2 atom stereocenters. The third-order valence-corrected chi connectivity index (χ3v) is 5.25. The lowest BCUT2D eigenvalue weighted by molar-refractivity contribution is 0.0631. The van der Waals surface area contributed by atoms with E-state index in [2.05, 4.69) is 32.2 Å². The SMILES string of the molecule is CC(C)CNCC1(Cc2ccc(Cl)s2)CCOC1C. The van der Waals surface area contributed by atoms with Crippen molar-refractivity contribution in [3.05, 3.63) is 21.3 Å². The van der Waals surface area contributed by atoms with Gasteiger partial charge in [-0.1, -0.05) is 25.4 Å². The van der Waals surface area contributed by atoms with Crippen LogP contribution >= 0.6 is 22.9 Å². The average molecular weight is 302 g/mol. The van der Waals surface area contributed by atoms with Gasteiger partial charge in [-0.25, -0.2) is 0 Å². The van der Waals surface area contributed by atoms with Crippen molar-refractivity contribution in [2.24, 2.45) is 11.3 Å². The first-order valence-corrected chi connectivity index (χ1v) is 8.28. The molecule has 1 saturated heterocycles. The summed E-state index contributed by atoms with van der Waals surface area (Å²) in [7, 11) is 0. The summed E-state index contributed by atoms with van der Waals surface area (Å²) in [5.74, 6) is 0.686. The lowest BCUT2D eigenvalue weighted by atomic mass is 9.78. The maximum Gasteiger partial charge on any atom is 0.0931 e. The maximum atomic E-state index is 6.05. The second kappa shape index (κ2) is 6.57. The minimum Gasteiger partial charge on any atom is -0.378 e. The Morgan fingerprint density at radius 1 is 1.53 bits per heavy atom. The van der Waals surface area contributed by atoms with Crippen molar-refractivity contribution in [1.82, 2.24) is 5.32 Å². The smallest absolute Gasteiger partial charge is 0.0931 e. The largest absolute Gasteiger partial charge is 0.378 e. The highest BCUT2D eigenvalue weighted by Crippen LogP contribution is 2.39. The Bertz CT molecular complexity index is 407. The first-order valence-electron chi connectivity index (χ1n) is 7.08. The summed E-state index contributed by atoms with van der Waals surface area (Å²) < 4.78 is 6.72. The lowest BCUT2D eigenvalue weighted by Gasteiger charge is -2.32. The molecule has 2 rings (SSSR count). The van der Waals surface area contributed by atoms with Gasteiger partial charge in [0.25, 0.3) is 0 Å². The van der Waals surface area contributed by atoms with Gasteiger partial charge >= 0.3 is 0 Å². The van der Waals surface area contributed by atoms with Gasteiger partial charge < -0.3 is 10.1 Å². The number of halogens is 1. The predicted octanol–water partition coefficient (Wildman–Crippen LogP) is 3.98. The molecule has 1 N–H and O–H groups in total. The first-order chi connectivity index (χ1) is 9.02. The van der Waals surface area contributed by atoms with E-state index in [1.54, 1.807) is 11.3 Å². The van der Waals surface area contributed by atoms with Crippen molar-refractivity contribution in [2.45, 2.75) is 39.7 Å². The summed E-state index contributed by atoms with van der Waals surface area (Å²) in [5.41, 5.74) is 0.225. The fourth-order valence-electron chi connectivity index (χ4n) is 2.75. The van der Waals surface area contributed by atoms with Crippen molar-refractivity contribution in [3.63, 3.8) is 0 Å². The molecule has 2 heterocycles. The van der Waals surface area contributed by atoms with Crippen molar-refractivity contribution in [3.8, 4) is 0 Å². The summed E-state index contributed by atoms with van der Waals surface area (Å²) in [4.78, 5) is 1.37. The minimum absolute atomic E-state index is 0.225. The molecule has 1 fully saturated rings. The molecule has 108 valence electrons. The standard InChI is InChI=1S/C15H24ClNOS/c1-11(2)9-17-10-15(6-7-18-12(15)3)8-13-4-5-14(16)19-13/h4-5,11-12,17H,6-10H2,1-3H3. The van der Waals surface area contributed by atoms with Crippen LogP contribution in [0.15, 0.2) is 12.1 Å². The van der Waals surface area contributed by atoms with E-state index in [1.807, 2.05) is 6.07 Å². The summed E-state index contributed by atoms with van der Waals surface area (Å²) in [6.45, 7) is 9.67. The number of hydrogen-bond acceptors (Lipinski definition) is 3. The van der Waals surface area contributed by atoms with Crippen molar-refractivity contribution < 1.29 is 4.74 Å². The van der Waals surface area contributed by atoms with E-state index in [1.165, 1.54) is 4.88 Å². The van der Waals surface area contributed by atoms with Gasteiger partial charge in [0.1, 0.15) is 0 Å². The van der Waals surface area contributed by atoms with E-state index < -0.39 is 0 Å². The Morgan fingerprint density at radius 2 is 2.32 bits per heavy atom. The lowest BCUT2D eigenvalue weighted by Crippen LogP contribution is -2.42. The van der Waals surface area contributed by atoms with Gasteiger partial charge in [0, 0.05) is 23.4 Å². The van der Waals surface area contributed by atoms with Crippen LogP contribution in [0.2, 0.25) is 4.34 Å². The zero-order chi connectivity index (χ0) is 13.9. The summed E-state index contributed by atoms with van der Waals surface area (Å²) in [5, 5.41) is 3.62. The summed E-state index contributed by atoms with van der Waals surface area (Å²) in [6.07, 6.45) is 2.51. The van der Waals surface area contributed by atoms with Gasteiger partial charge in [-0.3, -0.25) is 0 Å². The van der Waals surface area contributed by atoms with Gasteiger partial charge in [0.15, 0.2) is 0 Å². The average Bonchev–Trinajstić information content (AvgIpc) is 2.87. The Labute approximate surface area is 125 Å². The maximum absolute atomic E-state index is 6.05. The molecule has 0 aliphatic carbocycles. The van der Waals surface area contributed by atoms with E-state index in [9.17, 15) is 0 Å². The number of hydrogen-bond donors (Lipinski definition) is 1. The summed E-state index contributed by atoms with van der Waals surface area (Å²) in [6, 6.07) is 4.15. The van der Waals surface area contributed by atoms with Crippen LogP contribution < -0.4 is 5.32 Å². The Balaban J connectivity index is 2.02. The molecule has 0 spiro atoms. The normalized spacial score (nSPS) is 27.3. The number of rotatable bonds is 6.